The molecule has 0 radical (unpaired) electrons. The Balaban J connectivity index is 1.44. The van der Waals surface area contributed by atoms with Crippen LogP contribution in [0.15, 0.2) is 53.8 Å². The Morgan fingerprint density at radius 1 is 0.714 bits per heavy atom. The fourth-order valence-corrected chi connectivity index (χ4v) is 7.67. The van der Waals surface area contributed by atoms with Gasteiger partial charge in [-0.2, -0.15) is 0 Å². The van der Waals surface area contributed by atoms with Crippen LogP contribution in [0.5, 0.6) is 0 Å². The Morgan fingerprint density at radius 3 is 1.79 bits per heavy atom. The van der Waals surface area contributed by atoms with Gasteiger partial charge in [0.2, 0.25) is 21.5 Å². The second-order valence-electron chi connectivity index (χ2n) is 14.7. The van der Waals surface area contributed by atoms with Gasteiger partial charge in [-0.25, -0.2) is 24.2 Å². The quantitative estimate of drug-likeness (QED) is 0.0527. The Morgan fingerprint density at radius 2 is 1.24 bits per heavy atom. The highest BCUT2D eigenvalue weighted by Crippen LogP contribution is 2.44. The number of fused-ring (bicyclic) bond motifs is 5. The zero-order valence-corrected chi connectivity index (χ0v) is 44.1. The molecule has 6 rings (SSSR count). The number of methoxy groups -OCH3 is 1. The average Bonchev–Trinajstić information content (AvgIpc) is 3.62. The number of ether oxygens (including phenoxy) is 12. The average molecular weight is 1230 g/mol. The Labute approximate surface area is 455 Å². The molecule has 31 heteroatoms. The number of hydrogen-bond acceptors (Lipinski definition) is 18. The highest BCUT2D eigenvalue weighted by Gasteiger charge is 2.56. The van der Waals surface area contributed by atoms with E-state index < -0.39 is 128 Å². The van der Waals surface area contributed by atoms with E-state index in [1.807, 2.05) is 30.3 Å². The number of aromatic nitrogens is 2. The minimum absolute atomic E-state index is 0.0559. The summed E-state index contributed by atoms with van der Waals surface area (Å²) in [6.45, 7) is -0.507. The molecular formula is C39H32Cl12N2O17. The largest absolute Gasteiger partial charge is 0.509 e. The van der Waals surface area contributed by atoms with Gasteiger partial charge in [0.1, 0.15) is 39.1 Å². The summed E-state index contributed by atoms with van der Waals surface area (Å²) in [5, 5.41) is 0.847. The molecule has 1 saturated heterocycles. The summed E-state index contributed by atoms with van der Waals surface area (Å²) in [6, 6.07) is 11.0. The van der Waals surface area contributed by atoms with Crippen molar-refractivity contribution in [3.05, 3.63) is 76.1 Å². The molecule has 3 aliphatic rings. The van der Waals surface area contributed by atoms with E-state index in [9.17, 15) is 24.0 Å². The highest BCUT2D eigenvalue weighted by molar-refractivity contribution is 6.69. The van der Waals surface area contributed by atoms with Crippen molar-refractivity contribution < 1.29 is 76.0 Å². The molecule has 19 nitrogen and oxygen atoms in total. The SMILES string of the molecule is C=C[C@@H]1c2cc3n(c(=O)c2[C@H](OC)O[C@H]1O[C@@H]1O[C@H](COC(=O)OCC(Cl)(Cl)Cl)[C@@H](OC(=O)OCC(Cl)(Cl)Cl)[C@H](OC(=O)OCC(Cl)(Cl)Cl)[C@H]1OC(=O)OCC(Cl)(Cl)Cl)Cc1cc2ccccc2nc1-3. The Kier molecular flexibility index (Phi) is 19.1. The molecule has 3 aromatic rings. The molecular weight excluding hydrogens is 1190 g/mol. The number of rotatable bonds is 13. The number of para-hydroxylation sites is 1. The number of hydrogen-bond donors (Lipinski definition) is 0. The number of pyridine rings is 2. The summed E-state index contributed by atoms with van der Waals surface area (Å²) in [5.74, 6) is -1.11. The standard InChI is InChI=1S/C39H32Cl12N2O17/c1-3-18-19-9-21-24-17(8-16-6-4-5-7-20(16)52-24)10-53(21)28(54)23(19)30(59-2)69-29(18)70-31-27(68-35(58)64-15-39(49,50)51)26(67-34(57)63-14-38(46,47)48)25(66-33(56)62-13-37(43,44)45)22(65-31)11-60-32(55)61-12-36(40,41)42/h3-9,18,22,25-27,29-31H,1,10-15H2,2H3/t18-,22-,25-,26+,27-,29+,30-,31+/m1/s1. The zero-order valence-electron chi connectivity index (χ0n) is 35.0. The molecule has 0 spiro atoms. The van der Waals surface area contributed by atoms with Crippen LogP contribution in [0.1, 0.15) is 28.9 Å². The predicted molar refractivity (Wildman–Crippen MR) is 255 cm³/mol. The summed E-state index contributed by atoms with van der Waals surface area (Å²) in [4.78, 5) is 72.1. The van der Waals surface area contributed by atoms with E-state index in [0.29, 0.717) is 16.9 Å². The molecule has 8 atom stereocenters. The van der Waals surface area contributed by atoms with Gasteiger partial charge in [0.25, 0.3) is 5.56 Å². The van der Waals surface area contributed by atoms with E-state index in [2.05, 4.69) is 6.58 Å². The number of carbonyl (C=O) groups is 4. The maximum Gasteiger partial charge on any atom is 0.509 e. The van der Waals surface area contributed by atoms with Crippen molar-refractivity contribution >= 4 is 175 Å². The van der Waals surface area contributed by atoms with E-state index in [0.717, 1.165) is 10.9 Å². The van der Waals surface area contributed by atoms with Crippen LogP contribution in [0.2, 0.25) is 0 Å². The fourth-order valence-electron chi connectivity index (χ4n) is 7.02. The summed E-state index contributed by atoms with van der Waals surface area (Å²) in [7, 11) is 1.25. The molecule has 0 aliphatic carbocycles. The molecule has 0 unspecified atom stereocenters. The van der Waals surface area contributed by atoms with Crippen LogP contribution in [0.4, 0.5) is 19.2 Å². The van der Waals surface area contributed by atoms with Crippen molar-refractivity contribution in [2.75, 3.05) is 40.1 Å². The van der Waals surface area contributed by atoms with E-state index >= 15 is 0 Å². The van der Waals surface area contributed by atoms with Crippen LogP contribution in [0, 0.1) is 0 Å². The molecule has 0 bridgehead atoms. The minimum atomic E-state index is -2.23. The second-order valence-corrected chi connectivity index (χ2v) is 24.7. The highest BCUT2D eigenvalue weighted by atomic mass is 35.6. The maximum atomic E-state index is 14.4. The zero-order chi connectivity index (χ0) is 51.5. The third-order valence-electron chi connectivity index (χ3n) is 9.69. The summed E-state index contributed by atoms with van der Waals surface area (Å²) in [5.41, 5.74) is 2.21. The molecule has 70 heavy (non-hydrogen) atoms. The van der Waals surface area contributed by atoms with Crippen molar-refractivity contribution in [3.8, 4) is 11.4 Å². The van der Waals surface area contributed by atoms with E-state index in [1.54, 1.807) is 6.07 Å². The van der Waals surface area contributed by atoms with Crippen molar-refractivity contribution in [2.24, 2.45) is 0 Å². The first kappa shape index (κ1) is 57.0. The number of benzene rings is 1. The number of alkyl halides is 12. The number of carbonyl (C=O) groups excluding carboxylic acids is 4. The van der Waals surface area contributed by atoms with Crippen molar-refractivity contribution in [1.82, 2.24) is 9.55 Å². The third-order valence-corrected chi connectivity index (χ3v) is 11.0. The number of halogens is 12. The second kappa shape index (κ2) is 23.5. The monoisotopic (exact) mass is 1220 g/mol. The smallest absolute Gasteiger partial charge is 0.431 e. The fraction of sp³-hybridized carbons (Fsp3) is 0.487. The Bertz CT molecular complexity index is 2500. The molecule has 3 aliphatic heterocycles. The first-order chi connectivity index (χ1) is 32.6. The molecule has 0 N–H and O–H groups in total. The molecule has 384 valence electrons. The minimum Gasteiger partial charge on any atom is -0.431 e. The van der Waals surface area contributed by atoms with Crippen molar-refractivity contribution in [1.29, 1.82) is 0 Å². The summed E-state index contributed by atoms with van der Waals surface area (Å²) >= 11 is 69.2. The van der Waals surface area contributed by atoms with E-state index in [4.69, 9.17) is 201 Å². The molecule has 0 amide bonds. The van der Waals surface area contributed by atoms with Gasteiger partial charge >= 0.3 is 24.6 Å². The third kappa shape index (κ3) is 15.4. The first-order valence-electron chi connectivity index (χ1n) is 19.5. The van der Waals surface area contributed by atoms with Gasteiger partial charge in [-0.3, -0.25) is 4.79 Å². The van der Waals surface area contributed by atoms with Gasteiger partial charge in [-0.15, -0.1) is 6.58 Å². The van der Waals surface area contributed by atoms with Gasteiger partial charge in [-0.05, 0) is 23.8 Å². The van der Waals surface area contributed by atoms with Gasteiger partial charge in [0.05, 0.1) is 34.9 Å². The summed E-state index contributed by atoms with van der Waals surface area (Å²) < 4.78 is 58.8. The lowest BCUT2D eigenvalue weighted by Gasteiger charge is -2.45. The van der Waals surface area contributed by atoms with Crippen LogP contribution in [-0.2, 0) is 63.4 Å². The first-order valence-corrected chi connectivity index (χ1v) is 24.0. The van der Waals surface area contributed by atoms with Crippen LogP contribution < -0.4 is 5.56 Å². The van der Waals surface area contributed by atoms with Crippen molar-refractivity contribution in [2.45, 2.75) is 70.9 Å². The molecule has 2 aromatic heterocycles. The van der Waals surface area contributed by atoms with Crippen LogP contribution >= 0.6 is 139 Å². The van der Waals surface area contributed by atoms with Gasteiger partial charge in [0.15, 0.2) is 30.9 Å². The van der Waals surface area contributed by atoms with Crippen LogP contribution in [0.3, 0.4) is 0 Å². The molecule has 0 saturated carbocycles. The maximum absolute atomic E-state index is 14.4. The lowest BCUT2D eigenvalue weighted by Crippen LogP contribution is -2.64. The molecule has 5 heterocycles. The van der Waals surface area contributed by atoms with E-state index in [1.165, 1.54) is 17.8 Å². The molecule has 1 aromatic carbocycles. The Hall–Kier alpha value is -2.28. The lowest BCUT2D eigenvalue weighted by atomic mass is 9.90. The van der Waals surface area contributed by atoms with Crippen molar-refractivity contribution in [3.63, 3.8) is 0 Å². The van der Waals surface area contributed by atoms with Gasteiger partial charge in [-0.1, -0.05) is 163 Å². The normalized spacial score (nSPS) is 23.2. The number of nitrogens with zero attached hydrogens (tertiary/aromatic N) is 2. The molecule has 1 fully saturated rings. The van der Waals surface area contributed by atoms with Gasteiger partial charge < -0.3 is 61.4 Å². The summed E-state index contributed by atoms with van der Waals surface area (Å²) in [6.07, 6.45) is -18.8. The van der Waals surface area contributed by atoms with E-state index in [-0.39, 0.29) is 17.7 Å². The topological polar surface area (TPSA) is 214 Å². The van der Waals surface area contributed by atoms with Gasteiger partial charge in [0, 0.05) is 18.1 Å². The lowest BCUT2D eigenvalue weighted by molar-refractivity contribution is -0.358. The predicted octanol–water partition coefficient (Wildman–Crippen LogP) is 10.6. The van der Waals surface area contributed by atoms with Crippen LogP contribution in [-0.4, -0.2) is 126 Å². The van der Waals surface area contributed by atoms with Crippen LogP contribution in [0.25, 0.3) is 22.3 Å².